The molecule has 0 aromatic heterocycles. The molecule has 2 aliphatic heterocycles. The zero-order chi connectivity index (χ0) is 19.9. The van der Waals surface area contributed by atoms with Crippen LogP contribution in [0.2, 0.25) is 0 Å². The summed E-state index contributed by atoms with van der Waals surface area (Å²) in [4.78, 5) is 4.79. The predicted molar refractivity (Wildman–Crippen MR) is 104 cm³/mol. The van der Waals surface area contributed by atoms with Crippen LogP contribution in [0, 0.1) is 0 Å². The molecule has 28 heavy (non-hydrogen) atoms. The molecule has 0 aromatic carbocycles. The first-order valence-electron chi connectivity index (χ1n) is 10.3. The van der Waals surface area contributed by atoms with E-state index in [0.29, 0.717) is 52.9 Å². The van der Waals surface area contributed by atoms with Gasteiger partial charge in [-0.1, -0.05) is 0 Å². The molecule has 0 radical (unpaired) electrons. The summed E-state index contributed by atoms with van der Waals surface area (Å²) >= 11 is 0. The lowest BCUT2D eigenvalue weighted by atomic mass is 10.1. The van der Waals surface area contributed by atoms with Crippen LogP contribution in [0.25, 0.3) is 0 Å². The van der Waals surface area contributed by atoms with E-state index < -0.39 is 0 Å². The topological polar surface area (TPSA) is 82.1 Å². The van der Waals surface area contributed by atoms with Gasteiger partial charge in [0.05, 0.1) is 84.8 Å². The molecule has 2 rings (SSSR count). The number of hydrogen-bond donors (Lipinski definition) is 1. The highest BCUT2D eigenvalue weighted by Crippen LogP contribution is 2.17. The number of rotatable bonds is 15. The third-order valence-corrected chi connectivity index (χ3v) is 5.00. The molecule has 9 heteroatoms. The van der Waals surface area contributed by atoms with Crippen molar-refractivity contribution in [1.29, 1.82) is 0 Å². The molecule has 0 spiro atoms. The van der Waals surface area contributed by atoms with Gasteiger partial charge in [0.2, 0.25) is 0 Å². The second-order valence-electron chi connectivity index (χ2n) is 6.94. The Kier molecular flexibility index (Phi) is 13.2. The minimum atomic E-state index is 0.0709. The van der Waals surface area contributed by atoms with Crippen molar-refractivity contribution in [3.8, 4) is 0 Å². The summed E-state index contributed by atoms with van der Waals surface area (Å²) in [6.45, 7) is 10.8. The van der Waals surface area contributed by atoms with E-state index in [1.54, 1.807) is 7.11 Å². The molecule has 0 aromatic rings. The Balaban J connectivity index is 1.65. The summed E-state index contributed by atoms with van der Waals surface area (Å²) in [5.41, 5.74) is 0. The van der Waals surface area contributed by atoms with Gasteiger partial charge in [0.25, 0.3) is 0 Å². The maximum atomic E-state index is 8.80. The lowest BCUT2D eigenvalue weighted by Gasteiger charge is -2.43. The van der Waals surface area contributed by atoms with Crippen molar-refractivity contribution < 1.29 is 33.5 Å². The smallest absolute Gasteiger partial charge is 0.0879 e. The Morgan fingerprint density at radius 2 is 1.64 bits per heavy atom. The second-order valence-corrected chi connectivity index (χ2v) is 6.94. The Labute approximate surface area is 168 Å². The largest absolute Gasteiger partial charge is 0.394 e. The van der Waals surface area contributed by atoms with E-state index in [0.717, 1.165) is 45.9 Å². The number of ether oxygens (including phenoxy) is 6. The van der Waals surface area contributed by atoms with E-state index in [2.05, 4.69) is 9.80 Å². The monoisotopic (exact) mass is 406 g/mol. The van der Waals surface area contributed by atoms with Gasteiger partial charge in [0, 0.05) is 39.8 Å². The molecule has 2 unspecified atom stereocenters. The van der Waals surface area contributed by atoms with Crippen LogP contribution in [0.15, 0.2) is 0 Å². The van der Waals surface area contributed by atoms with Crippen LogP contribution >= 0.6 is 0 Å². The van der Waals surface area contributed by atoms with Gasteiger partial charge in [-0.2, -0.15) is 0 Å². The molecular formula is C19H38N2O7. The summed E-state index contributed by atoms with van der Waals surface area (Å²) in [6, 6.07) is 0.247. The van der Waals surface area contributed by atoms with Crippen LogP contribution in [0.5, 0.6) is 0 Å². The van der Waals surface area contributed by atoms with Crippen molar-refractivity contribution in [2.45, 2.75) is 12.1 Å². The maximum absolute atomic E-state index is 8.80. The molecule has 0 amide bonds. The van der Waals surface area contributed by atoms with Crippen LogP contribution in [0.1, 0.15) is 0 Å². The summed E-state index contributed by atoms with van der Waals surface area (Å²) < 4.78 is 33.3. The first kappa shape index (κ1) is 23.9. The second kappa shape index (κ2) is 15.5. The molecule has 0 aliphatic carbocycles. The average molecular weight is 407 g/mol. The zero-order valence-corrected chi connectivity index (χ0v) is 17.3. The van der Waals surface area contributed by atoms with Crippen LogP contribution in [-0.4, -0.2) is 140 Å². The van der Waals surface area contributed by atoms with Crippen molar-refractivity contribution in [1.82, 2.24) is 9.80 Å². The normalized spacial score (nSPS) is 24.6. The van der Waals surface area contributed by atoms with Gasteiger partial charge in [-0.3, -0.25) is 9.80 Å². The van der Waals surface area contributed by atoms with Gasteiger partial charge in [-0.25, -0.2) is 0 Å². The van der Waals surface area contributed by atoms with Crippen LogP contribution in [-0.2, 0) is 28.4 Å². The first-order chi connectivity index (χ1) is 13.8. The lowest BCUT2D eigenvalue weighted by molar-refractivity contribution is -0.119. The Morgan fingerprint density at radius 3 is 2.46 bits per heavy atom. The van der Waals surface area contributed by atoms with Crippen LogP contribution < -0.4 is 0 Å². The molecule has 2 fully saturated rings. The minimum Gasteiger partial charge on any atom is -0.394 e. The maximum Gasteiger partial charge on any atom is 0.0879 e. The SMILES string of the molecule is COCCOCCOCCN1CCOCC1C1CN(CCOCCO)CCO1. The summed E-state index contributed by atoms with van der Waals surface area (Å²) in [5, 5.41) is 8.80. The number of hydrogen-bond acceptors (Lipinski definition) is 9. The molecule has 2 atom stereocenters. The van der Waals surface area contributed by atoms with Gasteiger partial charge in [0.15, 0.2) is 0 Å². The van der Waals surface area contributed by atoms with Crippen molar-refractivity contribution in [3.05, 3.63) is 0 Å². The lowest BCUT2D eigenvalue weighted by Crippen LogP contribution is -2.58. The van der Waals surface area contributed by atoms with Crippen molar-refractivity contribution in [3.63, 3.8) is 0 Å². The molecule has 2 heterocycles. The zero-order valence-electron chi connectivity index (χ0n) is 17.3. The quantitative estimate of drug-likeness (QED) is 0.347. The van der Waals surface area contributed by atoms with Gasteiger partial charge in [-0.05, 0) is 0 Å². The Bertz CT molecular complexity index is 378. The third kappa shape index (κ3) is 9.43. The number of aliphatic hydroxyl groups is 1. The Morgan fingerprint density at radius 1 is 0.893 bits per heavy atom. The number of methoxy groups -OCH3 is 1. The fourth-order valence-corrected chi connectivity index (χ4v) is 3.45. The minimum absolute atomic E-state index is 0.0709. The number of nitrogens with zero attached hydrogens (tertiary/aromatic N) is 2. The molecule has 166 valence electrons. The highest BCUT2D eigenvalue weighted by atomic mass is 16.5. The van der Waals surface area contributed by atoms with E-state index in [-0.39, 0.29) is 18.8 Å². The van der Waals surface area contributed by atoms with Gasteiger partial charge in [0.1, 0.15) is 0 Å². The Hall–Kier alpha value is -0.360. The van der Waals surface area contributed by atoms with Gasteiger partial charge < -0.3 is 33.5 Å². The summed E-state index contributed by atoms with van der Waals surface area (Å²) in [5.74, 6) is 0. The fourth-order valence-electron chi connectivity index (χ4n) is 3.45. The van der Waals surface area contributed by atoms with Crippen LogP contribution in [0.3, 0.4) is 0 Å². The predicted octanol–water partition coefficient (Wildman–Crippen LogP) is -0.923. The van der Waals surface area contributed by atoms with Crippen molar-refractivity contribution in [2.75, 3.05) is 113 Å². The average Bonchev–Trinajstić information content (AvgIpc) is 2.74. The highest BCUT2D eigenvalue weighted by molar-refractivity contribution is 4.87. The van der Waals surface area contributed by atoms with Crippen molar-refractivity contribution in [2.24, 2.45) is 0 Å². The summed E-state index contributed by atoms with van der Waals surface area (Å²) in [6.07, 6.45) is 0.129. The molecule has 2 aliphatic rings. The number of morpholine rings is 2. The molecular weight excluding hydrogens is 368 g/mol. The number of aliphatic hydroxyl groups excluding tert-OH is 1. The fraction of sp³-hybridized carbons (Fsp3) is 1.00. The van der Waals surface area contributed by atoms with Crippen molar-refractivity contribution >= 4 is 0 Å². The first-order valence-corrected chi connectivity index (χ1v) is 10.3. The molecule has 9 nitrogen and oxygen atoms in total. The van der Waals surface area contributed by atoms with Crippen LogP contribution in [0.4, 0.5) is 0 Å². The van der Waals surface area contributed by atoms with E-state index in [4.69, 9.17) is 33.5 Å². The van der Waals surface area contributed by atoms with Gasteiger partial charge >= 0.3 is 0 Å². The van der Waals surface area contributed by atoms with E-state index >= 15 is 0 Å². The van der Waals surface area contributed by atoms with E-state index in [9.17, 15) is 0 Å². The molecule has 0 bridgehead atoms. The highest BCUT2D eigenvalue weighted by Gasteiger charge is 2.34. The summed E-state index contributed by atoms with van der Waals surface area (Å²) in [7, 11) is 1.67. The van der Waals surface area contributed by atoms with E-state index in [1.807, 2.05) is 0 Å². The standard InChI is InChI=1S/C19H38N2O7/c1-23-12-13-26-15-14-25-8-4-21-5-9-27-17-18(21)19-16-20(3-10-28-19)2-7-24-11-6-22/h18-19,22H,2-17H2,1H3. The van der Waals surface area contributed by atoms with E-state index in [1.165, 1.54) is 0 Å². The van der Waals surface area contributed by atoms with Gasteiger partial charge in [-0.15, -0.1) is 0 Å². The third-order valence-electron chi connectivity index (χ3n) is 5.00. The molecule has 2 saturated heterocycles. The molecule has 1 N–H and O–H groups in total. The molecule has 0 saturated carbocycles.